The molecule has 3 amide bonds. The second kappa shape index (κ2) is 9.45. The van der Waals surface area contributed by atoms with E-state index in [1.54, 1.807) is 6.26 Å². The maximum atomic E-state index is 13.4. The Bertz CT molecular complexity index is 904. The second-order valence-corrected chi connectivity index (χ2v) is 8.39. The number of amides is 3. The lowest BCUT2D eigenvalue weighted by atomic mass is 9.96. The number of hydrogen-bond acceptors (Lipinski definition) is 4. The SMILES string of the molecule is CC[C@H]1CN(C(=O)N2CCC(C(=O)NCCc3ccco3)CC2)c2cc(C)ccc2O1. The van der Waals surface area contributed by atoms with E-state index in [1.165, 1.54) is 0 Å². The molecular weight excluding hydrogens is 394 g/mol. The number of urea groups is 1. The molecule has 1 aromatic carbocycles. The zero-order valence-corrected chi connectivity index (χ0v) is 18.3. The average molecular weight is 426 g/mol. The largest absolute Gasteiger partial charge is 0.486 e. The van der Waals surface area contributed by atoms with Gasteiger partial charge in [0.2, 0.25) is 5.91 Å². The molecule has 2 aromatic rings. The molecule has 0 saturated carbocycles. The summed E-state index contributed by atoms with van der Waals surface area (Å²) in [6.45, 7) is 6.38. The summed E-state index contributed by atoms with van der Waals surface area (Å²) in [5.41, 5.74) is 1.94. The van der Waals surface area contributed by atoms with Crippen molar-refractivity contribution in [3.05, 3.63) is 47.9 Å². The van der Waals surface area contributed by atoms with Gasteiger partial charge in [-0.25, -0.2) is 4.79 Å². The number of aryl methyl sites for hydroxylation is 1. The summed E-state index contributed by atoms with van der Waals surface area (Å²) >= 11 is 0. The van der Waals surface area contributed by atoms with Crippen LogP contribution in [0.3, 0.4) is 0 Å². The van der Waals surface area contributed by atoms with E-state index in [4.69, 9.17) is 9.15 Å². The molecule has 31 heavy (non-hydrogen) atoms. The second-order valence-electron chi connectivity index (χ2n) is 8.39. The van der Waals surface area contributed by atoms with Gasteiger partial charge < -0.3 is 19.4 Å². The Balaban J connectivity index is 1.33. The molecule has 2 aliphatic heterocycles. The molecule has 166 valence electrons. The zero-order valence-electron chi connectivity index (χ0n) is 18.3. The van der Waals surface area contributed by atoms with Crippen molar-refractivity contribution >= 4 is 17.6 Å². The smallest absolute Gasteiger partial charge is 0.324 e. The van der Waals surface area contributed by atoms with Gasteiger partial charge in [0.15, 0.2) is 0 Å². The number of piperidine rings is 1. The van der Waals surface area contributed by atoms with Gasteiger partial charge in [0.25, 0.3) is 0 Å². The molecule has 1 fully saturated rings. The first-order chi connectivity index (χ1) is 15.0. The zero-order chi connectivity index (χ0) is 21.8. The molecule has 7 nitrogen and oxygen atoms in total. The number of carbonyl (C=O) groups excluding carboxylic acids is 2. The number of rotatable bonds is 5. The third-order valence-electron chi connectivity index (χ3n) is 6.16. The molecule has 2 aliphatic rings. The maximum Gasteiger partial charge on any atom is 0.324 e. The molecule has 1 N–H and O–H groups in total. The fraction of sp³-hybridized carbons (Fsp3) is 0.500. The van der Waals surface area contributed by atoms with Crippen molar-refractivity contribution in [2.24, 2.45) is 5.92 Å². The molecular formula is C24H31N3O4. The van der Waals surface area contributed by atoms with Crippen LogP contribution in [0, 0.1) is 12.8 Å². The Morgan fingerprint density at radius 1 is 1.19 bits per heavy atom. The number of fused-ring (bicyclic) bond motifs is 1. The van der Waals surface area contributed by atoms with Gasteiger partial charge in [0.05, 0.1) is 18.5 Å². The molecule has 3 heterocycles. The Hall–Kier alpha value is -2.96. The van der Waals surface area contributed by atoms with Crippen LogP contribution in [0.15, 0.2) is 41.0 Å². The van der Waals surface area contributed by atoms with Crippen molar-refractivity contribution in [1.29, 1.82) is 0 Å². The van der Waals surface area contributed by atoms with Crippen LogP contribution in [0.1, 0.15) is 37.5 Å². The highest BCUT2D eigenvalue weighted by Gasteiger charge is 2.34. The maximum absolute atomic E-state index is 13.4. The molecule has 0 aliphatic carbocycles. The summed E-state index contributed by atoms with van der Waals surface area (Å²) in [5.74, 6) is 1.65. The quantitative estimate of drug-likeness (QED) is 0.792. The van der Waals surface area contributed by atoms with E-state index in [-0.39, 0.29) is 24.0 Å². The summed E-state index contributed by atoms with van der Waals surface area (Å²) in [5, 5.41) is 3.00. The number of carbonyl (C=O) groups is 2. The van der Waals surface area contributed by atoms with Crippen LogP contribution in [-0.4, -0.2) is 49.1 Å². The first kappa shape index (κ1) is 21.3. The van der Waals surface area contributed by atoms with Crippen molar-refractivity contribution in [1.82, 2.24) is 10.2 Å². The molecule has 4 rings (SSSR count). The van der Waals surface area contributed by atoms with Gasteiger partial charge >= 0.3 is 6.03 Å². The minimum atomic E-state index is -0.0525. The molecule has 0 bridgehead atoms. The number of anilines is 1. The third-order valence-corrected chi connectivity index (χ3v) is 6.16. The van der Waals surface area contributed by atoms with E-state index in [0.29, 0.717) is 45.4 Å². The summed E-state index contributed by atoms with van der Waals surface area (Å²) in [6, 6.07) is 9.73. The minimum Gasteiger partial charge on any atom is -0.486 e. The topological polar surface area (TPSA) is 75.0 Å². The third kappa shape index (κ3) is 4.86. The number of likely N-dealkylation sites (tertiary alicyclic amines) is 1. The highest BCUT2D eigenvalue weighted by atomic mass is 16.5. The highest BCUT2D eigenvalue weighted by Crippen LogP contribution is 2.36. The minimum absolute atomic E-state index is 0.00312. The number of hydrogen-bond donors (Lipinski definition) is 1. The van der Waals surface area contributed by atoms with E-state index in [9.17, 15) is 9.59 Å². The van der Waals surface area contributed by atoms with Crippen molar-refractivity contribution in [2.45, 2.75) is 45.6 Å². The lowest BCUT2D eigenvalue weighted by Crippen LogP contribution is -2.52. The van der Waals surface area contributed by atoms with Gasteiger partial charge in [-0.15, -0.1) is 0 Å². The van der Waals surface area contributed by atoms with E-state index in [0.717, 1.165) is 29.2 Å². The van der Waals surface area contributed by atoms with Gasteiger partial charge in [0, 0.05) is 32.0 Å². The van der Waals surface area contributed by atoms with Crippen LogP contribution >= 0.6 is 0 Å². The van der Waals surface area contributed by atoms with Crippen molar-refractivity contribution in [2.75, 3.05) is 31.1 Å². The Kier molecular flexibility index (Phi) is 6.49. The fourth-order valence-corrected chi connectivity index (χ4v) is 4.26. The molecule has 0 unspecified atom stereocenters. The molecule has 1 aromatic heterocycles. The average Bonchev–Trinajstić information content (AvgIpc) is 3.31. The predicted octanol–water partition coefficient (Wildman–Crippen LogP) is 3.76. The van der Waals surface area contributed by atoms with Gasteiger partial charge in [-0.05, 0) is 56.0 Å². The summed E-state index contributed by atoms with van der Waals surface area (Å²) in [4.78, 5) is 29.6. The van der Waals surface area contributed by atoms with Crippen LogP contribution in [0.25, 0.3) is 0 Å². The first-order valence-corrected chi connectivity index (χ1v) is 11.2. The number of ether oxygens (including phenoxy) is 1. The van der Waals surface area contributed by atoms with Gasteiger partial charge in [-0.2, -0.15) is 0 Å². The van der Waals surface area contributed by atoms with Crippen molar-refractivity contribution in [3.63, 3.8) is 0 Å². The normalized spacial score (nSPS) is 19.0. The fourth-order valence-electron chi connectivity index (χ4n) is 4.26. The van der Waals surface area contributed by atoms with Crippen LogP contribution < -0.4 is 15.0 Å². The Labute approximate surface area is 183 Å². The Morgan fingerprint density at radius 3 is 2.71 bits per heavy atom. The molecule has 7 heteroatoms. The van der Waals surface area contributed by atoms with E-state index < -0.39 is 0 Å². The summed E-state index contributed by atoms with van der Waals surface area (Å²) in [6.07, 6.45) is 4.53. The van der Waals surface area contributed by atoms with Crippen LogP contribution in [-0.2, 0) is 11.2 Å². The first-order valence-electron chi connectivity index (χ1n) is 11.2. The molecule has 1 saturated heterocycles. The number of benzene rings is 1. The molecule has 1 atom stereocenters. The van der Waals surface area contributed by atoms with Gasteiger partial charge in [-0.3, -0.25) is 9.69 Å². The predicted molar refractivity (Wildman–Crippen MR) is 118 cm³/mol. The van der Waals surface area contributed by atoms with E-state index in [1.807, 2.05) is 47.1 Å². The lowest BCUT2D eigenvalue weighted by Gasteiger charge is -2.39. The number of nitrogens with zero attached hydrogens (tertiary/aromatic N) is 2. The lowest BCUT2D eigenvalue weighted by molar-refractivity contribution is -0.126. The monoisotopic (exact) mass is 425 g/mol. The Morgan fingerprint density at radius 2 is 2.00 bits per heavy atom. The van der Waals surface area contributed by atoms with Gasteiger partial charge in [0.1, 0.15) is 17.6 Å². The molecule has 0 radical (unpaired) electrons. The number of furan rings is 1. The van der Waals surface area contributed by atoms with Crippen LogP contribution in [0.5, 0.6) is 5.75 Å². The van der Waals surface area contributed by atoms with E-state index >= 15 is 0 Å². The van der Waals surface area contributed by atoms with Gasteiger partial charge in [-0.1, -0.05) is 13.0 Å². The van der Waals surface area contributed by atoms with Crippen molar-refractivity contribution < 1.29 is 18.7 Å². The summed E-state index contributed by atoms with van der Waals surface area (Å²) < 4.78 is 11.3. The van der Waals surface area contributed by atoms with Crippen molar-refractivity contribution in [3.8, 4) is 5.75 Å². The van der Waals surface area contributed by atoms with Crippen LogP contribution in [0.2, 0.25) is 0 Å². The molecule has 0 spiro atoms. The standard InChI is InChI=1S/C24H31N3O4/c1-3-19-16-27(21-15-17(2)6-7-22(21)31-19)24(29)26-12-9-18(10-13-26)23(28)25-11-8-20-5-4-14-30-20/h4-7,14-15,18-19H,3,8-13,16H2,1-2H3,(H,25,28)/t19-/m0/s1. The van der Waals surface area contributed by atoms with E-state index in [2.05, 4.69) is 12.2 Å². The highest BCUT2D eigenvalue weighted by molar-refractivity contribution is 5.94. The number of nitrogens with one attached hydrogen (secondary N) is 1. The summed E-state index contributed by atoms with van der Waals surface area (Å²) in [7, 11) is 0. The van der Waals surface area contributed by atoms with Crippen LogP contribution in [0.4, 0.5) is 10.5 Å².